The Bertz CT molecular complexity index is 1100. The maximum absolute atomic E-state index is 13.2. The molecule has 0 saturated carbocycles. The molecule has 1 aromatic rings. The Labute approximate surface area is 237 Å². The number of nitrogens with zero attached hydrogens (tertiary/aromatic N) is 5. The molecule has 0 N–H and O–H groups in total. The zero-order chi connectivity index (χ0) is 29.3. The van der Waals surface area contributed by atoms with Crippen LogP contribution in [0, 0.1) is 0 Å². The van der Waals surface area contributed by atoms with Gasteiger partial charge in [-0.25, -0.2) is 14.6 Å². The average Bonchev–Trinajstić information content (AvgIpc) is 2.90. The van der Waals surface area contributed by atoms with Crippen LogP contribution in [0.5, 0.6) is 0 Å². The van der Waals surface area contributed by atoms with Crippen LogP contribution in [0.4, 0.5) is 15.4 Å². The number of amides is 2. The van der Waals surface area contributed by atoms with E-state index >= 15 is 0 Å². The number of carbonyl (C=O) groups excluding carboxylic acids is 3. The van der Waals surface area contributed by atoms with Crippen LogP contribution >= 0.6 is 0 Å². The number of hydrogen-bond acceptors (Lipinski definition) is 9. The lowest BCUT2D eigenvalue weighted by molar-refractivity contribution is -0.158. The van der Waals surface area contributed by atoms with Crippen molar-refractivity contribution in [1.29, 1.82) is 0 Å². The van der Waals surface area contributed by atoms with Gasteiger partial charge < -0.3 is 28.9 Å². The van der Waals surface area contributed by atoms with E-state index in [9.17, 15) is 14.4 Å². The fraction of sp³-hybridized carbons (Fsp3) is 0.724. The highest BCUT2D eigenvalue weighted by atomic mass is 16.6. The van der Waals surface area contributed by atoms with Crippen molar-refractivity contribution in [3.8, 4) is 0 Å². The number of rotatable bonds is 3. The van der Waals surface area contributed by atoms with E-state index in [4.69, 9.17) is 19.2 Å². The number of ether oxygens (including phenoxy) is 3. The van der Waals surface area contributed by atoms with Crippen molar-refractivity contribution in [1.82, 2.24) is 19.7 Å². The number of fused-ring (bicyclic) bond motifs is 1. The molecule has 2 saturated heterocycles. The Morgan fingerprint density at radius 1 is 0.800 bits per heavy atom. The predicted molar refractivity (Wildman–Crippen MR) is 150 cm³/mol. The molecule has 2 aliphatic heterocycles. The number of pyridine rings is 1. The van der Waals surface area contributed by atoms with Gasteiger partial charge in [0.15, 0.2) is 0 Å². The second kappa shape index (κ2) is 11.4. The van der Waals surface area contributed by atoms with E-state index in [1.807, 2.05) is 47.7 Å². The smallest absolute Gasteiger partial charge is 0.410 e. The lowest BCUT2D eigenvalue weighted by Crippen LogP contribution is -2.64. The molecule has 0 bridgehead atoms. The predicted octanol–water partition coefficient (Wildman–Crippen LogP) is 3.09. The number of aromatic nitrogens is 1. The van der Waals surface area contributed by atoms with Crippen molar-refractivity contribution < 1.29 is 28.6 Å². The van der Waals surface area contributed by atoms with E-state index in [0.717, 1.165) is 17.8 Å². The van der Waals surface area contributed by atoms with Gasteiger partial charge in [0.1, 0.15) is 22.6 Å². The largest absolute Gasteiger partial charge is 0.468 e. The van der Waals surface area contributed by atoms with Crippen LogP contribution in [0.1, 0.15) is 59.1 Å². The van der Waals surface area contributed by atoms with E-state index in [1.165, 1.54) is 12.7 Å². The Kier molecular flexibility index (Phi) is 8.54. The van der Waals surface area contributed by atoms with Gasteiger partial charge in [-0.3, -0.25) is 9.69 Å². The van der Waals surface area contributed by atoms with E-state index in [0.29, 0.717) is 65.2 Å². The average molecular weight is 560 g/mol. The topological polar surface area (TPSA) is 105 Å². The number of aryl methyl sites for hydroxylation is 1. The highest BCUT2D eigenvalue weighted by molar-refractivity contribution is 5.82. The van der Waals surface area contributed by atoms with E-state index in [-0.39, 0.29) is 18.2 Å². The van der Waals surface area contributed by atoms with Crippen molar-refractivity contribution in [3.05, 3.63) is 23.4 Å². The molecule has 11 heteroatoms. The van der Waals surface area contributed by atoms with Crippen LogP contribution in [0.15, 0.2) is 12.3 Å². The molecule has 1 unspecified atom stereocenters. The first-order valence-corrected chi connectivity index (χ1v) is 14.2. The number of piperazine rings is 2. The van der Waals surface area contributed by atoms with Gasteiger partial charge in [-0.15, -0.1) is 0 Å². The molecule has 1 aromatic heterocycles. The third kappa shape index (κ3) is 6.79. The Morgan fingerprint density at radius 3 is 1.82 bits per heavy atom. The van der Waals surface area contributed by atoms with Gasteiger partial charge in [0.05, 0.1) is 7.11 Å². The second-order valence-electron chi connectivity index (χ2n) is 12.9. The molecule has 3 aliphatic rings. The van der Waals surface area contributed by atoms with Gasteiger partial charge in [-0.1, -0.05) is 0 Å². The maximum atomic E-state index is 13.2. The zero-order valence-electron chi connectivity index (χ0n) is 25.1. The van der Waals surface area contributed by atoms with Crippen molar-refractivity contribution >= 4 is 24.0 Å². The number of esters is 1. The molecular formula is C29H45N5O6. The Hall–Kier alpha value is -3.08. The standard InChI is InChI=1S/C29H45N5O6/c1-27(2,3)39-25(36)32-12-10-31(11-13-32)23-18-21-8-9-29(24(35)38-7,19-22(21)20-30-23)34-16-14-33(15-17-34)26(37)40-28(4,5)6/h18,20H,8-17,19H2,1-7H3. The molecule has 1 aliphatic carbocycles. The normalized spacial score (nSPS) is 22.4. The summed E-state index contributed by atoms with van der Waals surface area (Å²) in [4.78, 5) is 50.8. The monoisotopic (exact) mass is 559 g/mol. The van der Waals surface area contributed by atoms with E-state index in [2.05, 4.69) is 15.9 Å². The first-order valence-electron chi connectivity index (χ1n) is 14.2. The Morgan fingerprint density at radius 2 is 1.32 bits per heavy atom. The van der Waals surface area contributed by atoms with Crippen LogP contribution < -0.4 is 4.90 Å². The molecule has 0 aromatic carbocycles. The summed E-state index contributed by atoms with van der Waals surface area (Å²) in [5.74, 6) is 0.644. The molecule has 40 heavy (non-hydrogen) atoms. The summed E-state index contributed by atoms with van der Waals surface area (Å²) < 4.78 is 16.4. The van der Waals surface area contributed by atoms with E-state index < -0.39 is 16.7 Å². The second-order valence-corrected chi connectivity index (χ2v) is 12.9. The van der Waals surface area contributed by atoms with E-state index in [1.54, 1.807) is 9.80 Å². The van der Waals surface area contributed by atoms with Crippen molar-refractivity contribution in [2.75, 3.05) is 64.4 Å². The molecular weight excluding hydrogens is 514 g/mol. The summed E-state index contributed by atoms with van der Waals surface area (Å²) in [7, 11) is 1.44. The lowest BCUT2D eigenvalue weighted by atomic mass is 9.77. The van der Waals surface area contributed by atoms with Crippen LogP contribution in [-0.4, -0.2) is 114 Å². The van der Waals surface area contributed by atoms with Gasteiger partial charge in [0.2, 0.25) is 0 Å². The molecule has 4 rings (SSSR count). The summed E-state index contributed by atoms with van der Waals surface area (Å²) >= 11 is 0. The van der Waals surface area contributed by atoms with Gasteiger partial charge in [0.25, 0.3) is 0 Å². The molecule has 2 fully saturated rings. The minimum Gasteiger partial charge on any atom is -0.468 e. The number of carbonyl (C=O) groups is 3. The molecule has 0 spiro atoms. The quantitative estimate of drug-likeness (QED) is 0.408. The van der Waals surface area contributed by atoms with Crippen molar-refractivity contribution in [2.24, 2.45) is 0 Å². The molecule has 3 heterocycles. The lowest BCUT2D eigenvalue weighted by Gasteiger charge is -2.47. The van der Waals surface area contributed by atoms with Gasteiger partial charge >= 0.3 is 18.2 Å². The van der Waals surface area contributed by atoms with Crippen molar-refractivity contribution in [3.63, 3.8) is 0 Å². The fourth-order valence-corrected chi connectivity index (χ4v) is 5.67. The van der Waals surface area contributed by atoms with Gasteiger partial charge in [0, 0.05) is 65.0 Å². The van der Waals surface area contributed by atoms with Crippen LogP contribution in [0.3, 0.4) is 0 Å². The molecule has 222 valence electrons. The van der Waals surface area contributed by atoms with Crippen molar-refractivity contribution in [2.45, 2.75) is 77.5 Å². The Balaban J connectivity index is 1.41. The van der Waals surface area contributed by atoms with Crippen LogP contribution in [-0.2, 0) is 31.8 Å². The minimum absolute atomic E-state index is 0.244. The summed E-state index contributed by atoms with van der Waals surface area (Å²) in [6, 6.07) is 2.13. The summed E-state index contributed by atoms with van der Waals surface area (Å²) in [5, 5.41) is 0. The van der Waals surface area contributed by atoms with Gasteiger partial charge in [-0.2, -0.15) is 0 Å². The van der Waals surface area contributed by atoms with Crippen LogP contribution in [0.2, 0.25) is 0 Å². The SMILES string of the molecule is COC(=O)C1(N2CCN(C(=O)OC(C)(C)C)CC2)CCc2cc(N3CCN(C(=O)OC(C)(C)C)CC3)ncc2C1. The summed E-state index contributed by atoms with van der Waals surface area (Å²) in [6.07, 6.45) is 3.16. The zero-order valence-corrected chi connectivity index (χ0v) is 25.1. The number of hydrogen-bond donors (Lipinski definition) is 0. The number of methoxy groups -OCH3 is 1. The first kappa shape index (κ1) is 29.9. The molecule has 0 radical (unpaired) electrons. The minimum atomic E-state index is -0.788. The maximum Gasteiger partial charge on any atom is 0.410 e. The number of anilines is 1. The summed E-state index contributed by atoms with van der Waals surface area (Å²) in [5.41, 5.74) is 0.379. The first-order chi connectivity index (χ1) is 18.7. The summed E-state index contributed by atoms with van der Waals surface area (Å²) in [6.45, 7) is 15.8. The third-order valence-corrected chi connectivity index (χ3v) is 7.72. The van der Waals surface area contributed by atoms with Gasteiger partial charge in [-0.05, 0) is 71.6 Å². The van der Waals surface area contributed by atoms with Crippen LogP contribution in [0.25, 0.3) is 0 Å². The molecule has 11 nitrogen and oxygen atoms in total. The highest BCUT2D eigenvalue weighted by Crippen LogP contribution is 2.36. The molecule has 1 atom stereocenters. The molecule has 2 amide bonds. The fourth-order valence-electron chi connectivity index (χ4n) is 5.67. The highest BCUT2D eigenvalue weighted by Gasteiger charge is 2.48. The third-order valence-electron chi connectivity index (χ3n) is 7.72.